The molecule has 2 atom stereocenters. The third-order valence-electron chi connectivity index (χ3n) is 12.0. The van der Waals surface area contributed by atoms with E-state index in [4.69, 9.17) is 9.47 Å². The van der Waals surface area contributed by atoms with E-state index in [9.17, 15) is 0 Å². The molecule has 1 aliphatic heterocycles. The summed E-state index contributed by atoms with van der Waals surface area (Å²) >= 11 is 0. The fourth-order valence-corrected chi connectivity index (χ4v) is 11.6. The zero-order valence-electron chi connectivity index (χ0n) is 22.4. The number of benzene rings is 1. The Labute approximate surface area is 212 Å². The summed E-state index contributed by atoms with van der Waals surface area (Å²) in [7, 11) is 0. The molecule has 0 spiro atoms. The standard InChI is InChI=1S/C33H46O2/c1-31(2,3)30(29-19-34-29)35-26-4-5-27(32-13-20-6-21(14-32)8-22(7-20)15-32)28(12-26)33-16-23-9-24(17-33)11-25(10-23)18-33/h4-5,12,20-25,29-30H,6-11,13-19H2,1-3H3. The van der Waals surface area contributed by atoms with E-state index in [1.165, 1.54) is 77.0 Å². The van der Waals surface area contributed by atoms with Gasteiger partial charge < -0.3 is 9.47 Å². The molecule has 2 nitrogen and oxygen atoms in total. The fourth-order valence-electron chi connectivity index (χ4n) is 11.6. The van der Waals surface area contributed by atoms with Crippen molar-refractivity contribution in [1.82, 2.24) is 0 Å². The van der Waals surface area contributed by atoms with Crippen molar-refractivity contribution >= 4 is 0 Å². The van der Waals surface area contributed by atoms with Crippen molar-refractivity contribution < 1.29 is 9.47 Å². The lowest BCUT2D eigenvalue weighted by molar-refractivity contribution is -0.0177. The fraction of sp³-hybridized carbons (Fsp3) is 0.818. The summed E-state index contributed by atoms with van der Waals surface area (Å²) in [6.45, 7) is 7.78. The summed E-state index contributed by atoms with van der Waals surface area (Å²) in [5.74, 6) is 7.07. The second-order valence-electron chi connectivity index (χ2n) is 15.9. The van der Waals surface area contributed by atoms with Crippen LogP contribution in [0.1, 0.15) is 109 Å². The van der Waals surface area contributed by atoms with E-state index in [0.717, 1.165) is 47.9 Å². The molecule has 190 valence electrons. The minimum atomic E-state index is 0.0839. The van der Waals surface area contributed by atoms with Gasteiger partial charge in [-0.2, -0.15) is 0 Å². The molecule has 9 fully saturated rings. The van der Waals surface area contributed by atoms with Gasteiger partial charge in [0.15, 0.2) is 0 Å². The van der Waals surface area contributed by atoms with Crippen LogP contribution in [-0.4, -0.2) is 18.8 Å². The third kappa shape index (κ3) is 3.51. The van der Waals surface area contributed by atoms with Gasteiger partial charge in [-0.25, -0.2) is 0 Å². The molecule has 1 saturated heterocycles. The lowest BCUT2D eigenvalue weighted by Gasteiger charge is -2.61. The Balaban J connectivity index is 1.23. The Morgan fingerprint density at radius 2 is 1.14 bits per heavy atom. The molecular weight excluding hydrogens is 428 g/mol. The highest BCUT2D eigenvalue weighted by atomic mass is 16.6. The maximum atomic E-state index is 6.86. The first-order valence-corrected chi connectivity index (χ1v) is 15.2. The van der Waals surface area contributed by atoms with Gasteiger partial charge in [-0.15, -0.1) is 0 Å². The third-order valence-corrected chi connectivity index (χ3v) is 12.0. The average molecular weight is 475 g/mol. The summed E-state index contributed by atoms with van der Waals surface area (Å²) in [5, 5.41) is 0. The molecule has 8 bridgehead atoms. The van der Waals surface area contributed by atoms with Crippen LogP contribution in [0, 0.1) is 40.9 Å². The van der Waals surface area contributed by atoms with Crippen LogP contribution < -0.4 is 4.74 Å². The second kappa shape index (κ2) is 7.30. The summed E-state index contributed by atoms with van der Waals surface area (Å²) in [5.41, 5.74) is 4.54. The monoisotopic (exact) mass is 474 g/mol. The van der Waals surface area contributed by atoms with Gasteiger partial charge in [0, 0.05) is 5.41 Å². The predicted octanol–water partition coefficient (Wildman–Crippen LogP) is 7.81. The molecule has 0 aromatic heterocycles. The minimum Gasteiger partial charge on any atom is -0.487 e. The highest BCUT2D eigenvalue weighted by Crippen LogP contribution is 2.66. The second-order valence-corrected chi connectivity index (χ2v) is 15.9. The van der Waals surface area contributed by atoms with Crippen molar-refractivity contribution in [3.8, 4) is 5.75 Å². The summed E-state index contributed by atoms with van der Waals surface area (Å²) in [6, 6.07) is 7.57. The molecule has 0 N–H and O–H groups in total. The van der Waals surface area contributed by atoms with Crippen LogP contribution in [-0.2, 0) is 15.6 Å². The van der Waals surface area contributed by atoms with Crippen molar-refractivity contribution in [2.75, 3.05) is 6.61 Å². The Bertz CT molecular complexity index is 940. The van der Waals surface area contributed by atoms with Crippen molar-refractivity contribution in [2.24, 2.45) is 40.9 Å². The summed E-state index contributed by atoms with van der Waals surface area (Å²) < 4.78 is 12.6. The van der Waals surface area contributed by atoms with Gasteiger partial charge >= 0.3 is 0 Å². The van der Waals surface area contributed by atoms with Crippen LogP contribution in [0.3, 0.4) is 0 Å². The number of hydrogen-bond acceptors (Lipinski definition) is 2. The van der Waals surface area contributed by atoms with Crippen LogP contribution in [0.2, 0.25) is 0 Å². The molecule has 9 aliphatic rings. The molecule has 1 aromatic rings. The van der Waals surface area contributed by atoms with E-state index >= 15 is 0 Å². The molecule has 2 heteroatoms. The first-order valence-electron chi connectivity index (χ1n) is 15.2. The lowest BCUT2D eigenvalue weighted by Crippen LogP contribution is -2.52. The molecule has 2 unspecified atom stereocenters. The van der Waals surface area contributed by atoms with Crippen molar-refractivity contribution in [2.45, 2.75) is 121 Å². The maximum Gasteiger partial charge on any atom is 0.132 e. The van der Waals surface area contributed by atoms with Crippen LogP contribution in [0.5, 0.6) is 5.75 Å². The van der Waals surface area contributed by atoms with Crippen LogP contribution >= 0.6 is 0 Å². The Morgan fingerprint density at radius 3 is 1.54 bits per heavy atom. The number of hydrogen-bond donors (Lipinski definition) is 0. The molecule has 8 aliphatic carbocycles. The molecule has 10 rings (SSSR count). The smallest absolute Gasteiger partial charge is 0.132 e. The zero-order chi connectivity index (χ0) is 23.6. The normalized spacial score (nSPS) is 47.8. The molecule has 8 saturated carbocycles. The van der Waals surface area contributed by atoms with Gasteiger partial charge in [0.1, 0.15) is 18.0 Å². The minimum absolute atomic E-state index is 0.0839. The van der Waals surface area contributed by atoms with Gasteiger partial charge in [0.2, 0.25) is 0 Å². The van der Waals surface area contributed by atoms with Crippen molar-refractivity contribution in [1.29, 1.82) is 0 Å². The summed E-state index contributed by atoms with van der Waals surface area (Å²) in [4.78, 5) is 0. The molecular formula is C33H46O2. The van der Waals surface area contributed by atoms with E-state index < -0.39 is 0 Å². The van der Waals surface area contributed by atoms with E-state index in [-0.39, 0.29) is 17.6 Å². The number of rotatable bonds is 5. The molecule has 0 amide bonds. The van der Waals surface area contributed by atoms with Gasteiger partial charge in [-0.1, -0.05) is 26.8 Å². The van der Waals surface area contributed by atoms with Gasteiger partial charge in [-0.3, -0.25) is 0 Å². The SMILES string of the molecule is CC(C)(C)C(Oc1ccc(C23CC4CC(CC(C4)C2)C3)c(C23CC4CC(CC(C4)C2)C3)c1)C1CO1. The highest BCUT2D eigenvalue weighted by molar-refractivity contribution is 5.47. The Morgan fingerprint density at radius 1 is 0.714 bits per heavy atom. The zero-order valence-corrected chi connectivity index (χ0v) is 22.4. The van der Waals surface area contributed by atoms with Gasteiger partial charge in [0.25, 0.3) is 0 Å². The lowest BCUT2D eigenvalue weighted by atomic mass is 9.44. The Kier molecular flexibility index (Phi) is 4.59. The van der Waals surface area contributed by atoms with Crippen LogP contribution in [0.4, 0.5) is 0 Å². The molecule has 35 heavy (non-hydrogen) atoms. The van der Waals surface area contributed by atoms with Crippen LogP contribution in [0.25, 0.3) is 0 Å². The topological polar surface area (TPSA) is 21.8 Å². The highest BCUT2D eigenvalue weighted by Gasteiger charge is 2.56. The van der Waals surface area contributed by atoms with Crippen molar-refractivity contribution in [3.05, 3.63) is 29.3 Å². The predicted molar refractivity (Wildman–Crippen MR) is 140 cm³/mol. The van der Waals surface area contributed by atoms with E-state index in [2.05, 4.69) is 39.0 Å². The molecule has 1 aromatic carbocycles. The Hall–Kier alpha value is -1.02. The van der Waals surface area contributed by atoms with Crippen molar-refractivity contribution in [3.63, 3.8) is 0 Å². The number of ether oxygens (including phenoxy) is 2. The molecule has 1 heterocycles. The van der Waals surface area contributed by atoms with E-state index in [1.54, 1.807) is 11.1 Å². The first kappa shape index (κ1) is 22.0. The van der Waals surface area contributed by atoms with E-state index in [1.807, 2.05) is 0 Å². The maximum absolute atomic E-state index is 6.86. The number of epoxide rings is 1. The van der Waals surface area contributed by atoms with Gasteiger partial charge in [0.05, 0.1) is 6.61 Å². The molecule has 0 radical (unpaired) electrons. The first-order chi connectivity index (χ1) is 16.8. The van der Waals surface area contributed by atoms with Crippen LogP contribution in [0.15, 0.2) is 18.2 Å². The van der Waals surface area contributed by atoms with Gasteiger partial charge in [-0.05, 0) is 147 Å². The largest absolute Gasteiger partial charge is 0.487 e. The summed E-state index contributed by atoms with van der Waals surface area (Å²) in [6.07, 6.45) is 18.3. The van der Waals surface area contributed by atoms with E-state index in [0.29, 0.717) is 10.8 Å². The quantitative estimate of drug-likeness (QED) is 0.406. The average Bonchev–Trinajstić information content (AvgIpc) is 3.60.